The first-order valence-electron chi connectivity index (χ1n) is 6.75. The second-order valence-electron chi connectivity index (χ2n) is 4.86. The molecule has 0 aliphatic heterocycles. The molecule has 0 fully saturated rings. The van der Waals surface area contributed by atoms with Crippen LogP contribution in [-0.4, -0.2) is 24.4 Å². The van der Waals surface area contributed by atoms with Crippen molar-refractivity contribution in [3.05, 3.63) is 33.2 Å². The molecular weight excluding hydrogens is 366 g/mol. The topological polar surface area (TPSA) is 55.7 Å². The Labute approximate surface area is 142 Å². The molecule has 0 aliphatic rings. The van der Waals surface area contributed by atoms with Gasteiger partial charge >= 0.3 is 0 Å². The maximum Gasteiger partial charge on any atom is 0.203 e. The summed E-state index contributed by atoms with van der Waals surface area (Å²) in [4.78, 5) is 4.28. The predicted molar refractivity (Wildman–Crippen MR) is 94.5 cm³/mol. The third-order valence-corrected chi connectivity index (χ3v) is 4.05. The number of thiazole rings is 1. The van der Waals surface area contributed by atoms with E-state index < -0.39 is 0 Å². The maximum atomic E-state index is 5.76. The number of hydrogen-bond donors (Lipinski definition) is 1. The number of nitrogens with zero attached hydrogens (tertiary/aromatic N) is 2. The number of hydrazone groups is 1. The van der Waals surface area contributed by atoms with E-state index in [0.717, 1.165) is 20.9 Å². The molecule has 0 atom stereocenters. The molecule has 7 heteroatoms. The summed E-state index contributed by atoms with van der Waals surface area (Å²) in [5.41, 5.74) is 4.77. The summed E-state index contributed by atoms with van der Waals surface area (Å²) in [6.07, 6.45) is 1.78. The van der Waals surface area contributed by atoms with E-state index in [-0.39, 0.29) is 6.10 Å². The van der Waals surface area contributed by atoms with Crippen LogP contribution in [-0.2, 0) is 0 Å². The van der Waals surface area contributed by atoms with Crippen LogP contribution in [0.1, 0.15) is 25.1 Å². The van der Waals surface area contributed by atoms with Crippen LogP contribution in [0.2, 0.25) is 0 Å². The molecule has 0 spiro atoms. The molecule has 0 unspecified atom stereocenters. The Hall–Kier alpha value is -1.60. The van der Waals surface area contributed by atoms with Gasteiger partial charge in [-0.2, -0.15) is 5.10 Å². The Kier molecular flexibility index (Phi) is 5.79. The van der Waals surface area contributed by atoms with Crippen molar-refractivity contribution in [3.63, 3.8) is 0 Å². The lowest BCUT2D eigenvalue weighted by atomic mass is 10.2. The van der Waals surface area contributed by atoms with Gasteiger partial charge in [0, 0.05) is 5.38 Å². The fourth-order valence-corrected chi connectivity index (χ4v) is 2.92. The second kappa shape index (κ2) is 7.60. The number of ether oxygens (including phenoxy) is 2. The number of rotatable bonds is 6. The van der Waals surface area contributed by atoms with E-state index in [1.165, 1.54) is 11.3 Å². The molecular formula is C15H18BrN3O2S. The van der Waals surface area contributed by atoms with Crippen LogP contribution in [0.5, 0.6) is 11.5 Å². The summed E-state index contributed by atoms with van der Waals surface area (Å²) in [5.74, 6) is 1.35. The standard InChI is InChI=1S/C15H18BrN3O2S/c1-9(2)21-14-12(16)5-11(6-13(14)20-4)7-17-19-15-18-10(3)8-22-15/h5-9H,1-4H3,(H,18,19). The summed E-state index contributed by atoms with van der Waals surface area (Å²) < 4.78 is 12.0. The van der Waals surface area contributed by atoms with E-state index >= 15 is 0 Å². The van der Waals surface area contributed by atoms with Gasteiger partial charge in [-0.3, -0.25) is 5.43 Å². The van der Waals surface area contributed by atoms with Crippen molar-refractivity contribution < 1.29 is 9.47 Å². The molecule has 1 heterocycles. The van der Waals surface area contributed by atoms with Gasteiger partial charge in [-0.15, -0.1) is 11.3 Å². The van der Waals surface area contributed by atoms with Gasteiger partial charge in [0.2, 0.25) is 5.13 Å². The Morgan fingerprint density at radius 1 is 1.41 bits per heavy atom. The molecule has 22 heavy (non-hydrogen) atoms. The summed E-state index contributed by atoms with van der Waals surface area (Å²) in [6, 6.07) is 3.80. The Balaban J connectivity index is 2.16. The van der Waals surface area contributed by atoms with E-state index in [4.69, 9.17) is 9.47 Å². The monoisotopic (exact) mass is 383 g/mol. The summed E-state index contributed by atoms with van der Waals surface area (Å²) in [6.45, 7) is 5.89. The summed E-state index contributed by atoms with van der Waals surface area (Å²) >= 11 is 5.02. The van der Waals surface area contributed by atoms with Crippen molar-refractivity contribution in [2.24, 2.45) is 5.10 Å². The van der Waals surface area contributed by atoms with Crippen molar-refractivity contribution in [3.8, 4) is 11.5 Å². The minimum atomic E-state index is 0.0690. The van der Waals surface area contributed by atoms with Crippen LogP contribution in [0.3, 0.4) is 0 Å². The van der Waals surface area contributed by atoms with E-state index in [9.17, 15) is 0 Å². The van der Waals surface area contributed by atoms with Gasteiger partial charge in [0.05, 0.1) is 29.6 Å². The van der Waals surface area contributed by atoms with Gasteiger partial charge < -0.3 is 9.47 Å². The number of benzene rings is 1. The fraction of sp³-hybridized carbons (Fsp3) is 0.333. The fourth-order valence-electron chi connectivity index (χ4n) is 1.73. The quantitative estimate of drug-likeness (QED) is 0.590. The van der Waals surface area contributed by atoms with Gasteiger partial charge in [-0.05, 0) is 54.4 Å². The second-order valence-corrected chi connectivity index (χ2v) is 6.58. The highest BCUT2D eigenvalue weighted by Crippen LogP contribution is 2.37. The van der Waals surface area contributed by atoms with Crippen molar-refractivity contribution >= 4 is 38.6 Å². The first kappa shape index (κ1) is 16.8. The van der Waals surface area contributed by atoms with Gasteiger partial charge in [-0.25, -0.2) is 4.98 Å². The third-order valence-electron chi connectivity index (χ3n) is 2.60. The number of aryl methyl sites for hydroxylation is 1. The van der Waals surface area contributed by atoms with E-state index in [2.05, 4.69) is 31.4 Å². The molecule has 5 nitrogen and oxygen atoms in total. The number of methoxy groups -OCH3 is 1. The summed E-state index contributed by atoms with van der Waals surface area (Å²) in [7, 11) is 1.62. The molecule has 0 saturated carbocycles. The molecule has 1 N–H and O–H groups in total. The zero-order chi connectivity index (χ0) is 16.1. The van der Waals surface area contributed by atoms with Gasteiger partial charge in [-0.1, -0.05) is 0 Å². The summed E-state index contributed by atoms with van der Waals surface area (Å²) in [5, 5.41) is 6.92. The van der Waals surface area contributed by atoms with Crippen LogP contribution in [0.25, 0.3) is 0 Å². The molecule has 1 aromatic heterocycles. The zero-order valence-electron chi connectivity index (χ0n) is 12.9. The van der Waals surface area contributed by atoms with Gasteiger partial charge in [0.15, 0.2) is 11.5 Å². The van der Waals surface area contributed by atoms with Crippen molar-refractivity contribution in [2.45, 2.75) is 26.9 Å². The minimum Gasteiger partial charge on any atom is -0.493 e. The predicted octanol–water partition coefficient (Wildman–Crippen LogP) is 4.46. The Morgan fingerprint density at radius 2 is 2.18 bits per heavy atom. The molecule has 2 aromatic rings. The van der Waals surface area contributed by atoms with Crippen molar-refractivity contribution in [1.29, 1.82) is 0 Å². The number of aromatic nitrogens is 1. The maximum absolute atomic E-state index is 5.76. The molecule has 2 rings (SSSR count). The number of halogens is 1. The van der Waals surface area contributed by atoms with Crippen LogP contribution >= 0.6 is 27.3 Å². The number of hydrogen-bond acceptors (Lipinski definition) is 6. The average molecular weight is 384 g/mol. The van der Waals surface area contributed by atoms with E-state index in [1.54, 1.807) is 13.3 Å². The third kappa shape index (κ3) is 4.45. The highest BCUT2D eigenvalue weighted by molar-refractivity contribution is 9.10. The Morgan fingerprint density at radius 3 is 2.77 bits per heavy atom. The normalized spacial score (nSPS) is 11.2. The van der Waals surface area contributed by atoms with E-state index in [1.807, 2.05) is 38.3 Å². The average Bonchev–Trinajstić information content (AvgIpc) is 2.86. The number of nitrogens with one attached hydrogen (secondary N) is 1. The number of anilines is 1. The van der Waals surface area contributed by atoms with Gasteiger partial charge in [0.25, 0.3) is 0 Å². The molecule has 0 amide bonds. The first-order chi connectivity index (χ1) is 10.5. The van der Waals surface area contributed by atoms with Gasteiger partial charge in [0.1, 0.15) is 0 Å². The first-order valence-corrected chi connectivity index (χ1v) is 8.42. The lowest BCUT2D eigenvalue weighted by Gasteiger charge is -2.15. The van der Waals surface area contributed by atoms with Crippen LogP contribution in [0.4, 0.5) is 5.13 Å². The highest BCUT2D eigenvalue weighted by atomic mass is 79.9. The van der Waals surface area contributed by atoms with E-state index in [0.29, 0.717) is 11.5 Å². The zero-order valence-corrected chi connectivity index (χ0v) is 15.3. The molecule has 118 valence electrons. The van der Waals surface area contributed by atoms with Crippen LogP contribution in [0.15, 0.2) is 27.1 Å². The van der Waals surface area contributed by atoms with Crippen LogP contribution < -0.4 is 14.9 Å². The SMILES string of the molecule is COc1cc(C=NNc2nc(C)cs2)cc(Br)c1OC(C)C. The lowest BCUT2D eigenvalue weighted by molar-refractivity contribution is 0.228. The van der Waals surface area contributed by atoms with Crippen molar-refractivity contribution in [2.75, 3.05) is 12.5 Å². The minimum absolute atomic E-state index is 0.0690. The lowest BCUT2D eigenvalue weighted by Crippen LogP contribution is -2.07. The Bertz CT molecular complexity index is 671. The molecule has 0 saturated heterocycles. The molecule has 1 aromatic carbocycles. The molecule has 0 radical (unpaired) electrons. The largest absolute Gasteiger partial charge is 0.493 e. The molecule has 0 bridgehead atoms. The molecule has 0 aliphatic carbocycles. The van der Waals surface area contributed by atoms with Crippen LogP contribution in [0, 0.1) is 6.92 Å². The highest BCUT2D eigenvalue weighted by Gasteiger charge is 2.12. The smallest absolute Gasteiger partial charge is 0.203 e. The van der Waals surface area contributed by atoms with Crippen molar-refractivity contribution in [1.82, 2.24) is 4.98 Å².